The molecule has 0 unspecified atom stereocenters. The van der Waals surface area contributed by atoms with E-state index in [1.165, 1.54) is 11.8 Å². The molecule has 8 heteroatoms. The van der Waals surface area contributed by atoms with Gasteiger partial charge in [0, 0.05) is 24.8 Å². The molecule has 5 rings (SSSR count). The number of para-hydroxylation sites is 1. The number of hydrogen-bond acceptors (Lipinski definition) is 7. The molecule has 0 fully saturated rings. The molecule has 182 valence electrons. The molecule has 0 radical (unpaired) electrons. The van der Waals surface area contributed by atoms with E-state index in [0.717, 1.165) is 39.2 Å². The summed E-state index contributed by atoms with van der Waals surface area (Å²) < 4.78 is 19.5. The van der Waals surface area contributed by atoms with Gasteiger partial charge >= 0.3 is 0 Å². The molecule has 0 saturated carbocycles. The van der Waals surface area contributed by atoms with Gasteiger partial charge in [0.2, 0.25) is 5.89 Å². The largest absolute Gasteiger partial charge is 0.485 e. The Balaban J connectivity index is 1.29. The first-order chi connectivity index (χ1) is 17.8. The van der Waals surface area contributed by atoms with Gasteiger partial charge < -0.3 is 18.5 Å². The molecule has 0 bridgehead atoms. The molecule has 0 aliphatic heterocycles. The van der Waals surface area contributed by atoms with Crippen LogP contribution in [0.3, 0.4) is 0 Å². The Labute approximate surface area is 214 Å². The second kappa shape index (κ2) is 11.7. The zero-order valence-electron chi connectivity index (χ0n) is 19.9. The van der Waals surface area contributed by atoms with Gasteiger partial charge in [-0.05, 0) is 11.6 Å². The Bertz CT molecular complexity index is 1390. The van der Waals surface area contributed by atoms with Gasteiger partial charge in [0.15, 0.2) is 16.7 Å². The molecule has 2 heterocycles. The first-order valence-corrected chi connectivity index (χ1v) is 12.6. The predicted octanol–water partition coefficient (Wildman–Crippen LogP) is 6.12. The highest BCUT2D eigenvalue weighted by molar-refractivity contribution is 7.98. The van der Waals surface area contributed by atoms with Gasteiger partial charge in [0.05, 0.1) is 18.6 Å². The van der Waals surface area contributed by atoms with Crippen LogP contribution in [0.5, 0.6) is 5.75 Å². The van der Waals surface area contributed by atoms with Crippen LogP contribution in [0.1, 0.15) is 11.7 Å². The van der Waals surface area contributed by atoms with Crippen molar-refractivity contribution < 1.29 is 13.9 Å². The van der Waals surface area contributed by atoms with E-state index in [1.54, 1.807) is 13.3 Å². The van der Waals surface area contributed by atoms with Gasteiger partial charge in [-0.1, -0.05) is 90.6 Å². The Morgan fingerprint density at radius 3 is 2.36 bits per heavy atom. The van der Waals surface area contributed by atoms with Gasteiger partial charge in [0.1, 0.15) is 12.4 Å². The lowest BCUT2D eigenvalue weighted by Gasteiger charge is -2.13. The molecule has 36 heavy (non-hydrogen) atoms. The highest BCUT2D eigenvalue weighted by Gasteiger charge is 2.16. The molecule has 7 nitrogen and oxygen atoms in total. The maximum atomic E-state index is 6.22. The van der Waals surface area contributed by atoms with Crippen molar-refractivity contribution >= 4 is 11.8 Å². The van der Waals surface area contributed by atoms with Gasteiger partial charge in [0.25, 0.3) is 0 Å². The van der Waals surface area contributed by atoms with Crippen molar-refractivity contribution in [3.63, 3.8) is 0 Å². The van der Waals surface area contributed by atoms with Crippen LogP contribution in [-0.2, 0) is 23.6 Å². The number of rotatable bonds is 11. The van der Waals surface area contributed by atoms with Gasteiger partial charge in [-0.3, -0.25) is 0 Å². The van der Waals surface area contributed by atoms with E-state index < -0.39 is 0 Å². The average Bonchev–Trinajstić information content (AvgIpc) is 3.57. The maximum Gasteiger partial charge on any atom is 0.205 e. The highest BCUT2D eigenvalue weighted by atomic mass is 32.2. The van der Waals surface area contributed by atoms with E-state index in [0.29, 0.717) is 24.8 Å². The predicted molar refractivity (Wildman–Crippen MR) is 140 cm³/mol. The molecule has 2 aromatic heterocycles. The monoisotopic (exact) mass is 498 g/mol. The topological polar surface area (TPSA) is 75.2 Å². The third kappa shape index (κ3) is 5.67. The Morgan fingerprint density at radius 2 is 1.58 bits per heavy atom. The number of oxazole rings is 1. The van der Waals surface area contributed by atoms with Crippen molar-refractivity contribution in [1.29, 1.82) is 0 Å². The normalized spacial score (nSPS) is 11.0. The molecule has 0 spiro atoms. The number of hydrogen-bond donors (Lipinski definition) is 0. The quantitative estimate of drug-likeness (QED) is 0.203. The number of ether oxygens (including phenoxy) is 2. The lowest BCUT2D eigenvalue weighted by atomic mass is 10.1. The second-order valence-corrected chi connectivity index (χ2v) is 8.91. The van der Waals surface area contributed by atoms with Crippen molar-refractivity contribution in [3.8, 4) is 28.2 Å². The highest BCUT2D eigenvalue weighted by Crippen LogP contribution is 2.31. The van der Waals surface area contributed by atoms with E-state index in [-0.39, 0.29) is 6.61 Å². The number of benzene rings is 3. The molecule has 0 N–H and O–H groups in total. The number of nitrogens with zero attached hydrogens (tertiary/aromatic N) is 4. The third-order valence-corrected chi connectivity index (χ3v) is 6.53. The van der Waals surface area contributed by atoms with E-state index in [2.05, 4.69) is 33.4 Å². The number of methoxy groups -OCH3 is 1. The zero-order chi connectivity index (χ0) is 24.6. The van der Waals surface area contributed by atoms with E-state index >= 15 is 0 Å². The van der Waals surface area contributed by atoms with E-state index in [4.69, 9.17) is 13.9 Å². The van der Waals surface area contributed by atoms with E-state index in [9.17, 15) is 0 Å². The fraction of sp³-hybridized carbons (Fsp3) is 0.179. The van der Waals surface area contributed by atoms with Crippen molar-refractivity contribution in [3.05, 3.63) is 103 Å². The maximum absolute atomic E-state index is 6.22. The summed E-state index contributed by atoms with van der Waals surface area (Å²) in [6.07, 6.45) is 1.75. The SMILES string of the molecule is COCCn1c(COc2ccccc2-c2ccccc2)nnc1SCc1ncc(-c2ccccc2)o1. The van der Waals surface area contributed by atoms with E-state index in [1.807, 2.05) is 71.3 Å². The minimum absolute atomic E-state index is 0.290. The lowest BCUT2D eigenvalue weighted by Crippen LogP contribution is -2.12. The first kappa shape index (κ1) is 23.8. The summed E-state index contributed by atoms with van der Waals surface area (Å²) in [7, 11) is 1.68. The first-order valence-electron chi connectivity index (χ1n) is 11.6. The molecule has 5 aromatic rings. The fourth-order valence-corrected chi connectivity index (χ4v) is 4.61. The number of thioether (sulfide) groups is 1. The fourth-order valence-electron chi connectivity index (χ4n) is 3.77. The third-order valence-electron chi connectivity index (χ3n) is 5.58. The van der Waals surface area contributed by atoms with Crippen LogP contribution in [0.2, 0.25) is 0 Å². The molecule has 0 amide bonds. The van der Waals surface area contributed by atoms with Crippen molar-refractivity contribution in [1.82, 2.24) is 19.7 Å². The Kier molecular flexibility index (Phi) is 7.75. The van der Waals surface area contributed by atoms with Crippen LogP contribution >= 0.6 is 11.8 Å². The summed E-state index contributed by atoms with van der Waals surface area (Å²) >= 11 is 1.52. The van der Waals surface area contributed by atoms with Crippen LogP contribution in [-0.4, -0.2) is 33.5 Å². The minimum Gasteiger partial charge on any atom is -0.485 e. The molecular weight excluding hydrogens is 472 g/mol. The van der Waals surface area contributed by atoms with Crippen molar-refractivity contribution in [2.75, 3.05) is 13.7 Å². The lowest BCUT2D eigenvalue weighted by molar-refractivity contribution is 0.181. The molecule has 0 aliphatic rings. The average molecular weight is 499 g/mol. The summed E-state index contributed by atoms with van der Waals surface area (Å²) in [6, 6.07) is 28.1. The van der Waals surface area contributed by atoms with Gasteiger partial charge in [-0.2, -0.15) is 0 Å². The van der Waals surface area contributed by atoms with Gasteiger partial charge in [-0.25, -0.2) is 4.98 Å². The summed E-state index contributed by atoms with van der Waals surface area (Å²) in [5.41, 5.74) is 3.14. The van der Waals surface area contributed by atoms with Crippen LogP contribution < -0.4 is 4.74 Å². The van der Waals surface area contributed by atoms with Crippen molar-refractivity contribution in [2.24, 2.45) is 0 Å². The van der Waals surface area contributed by atoms with Crippen LogP contribution in [0.25, 0.3) is 22.5 Å². The molecule has 0 saturated heterocycles. The summed E-state index contributed by atoms with van der Waals surface area (Å²) in [5.74, 6) is 3.45. The van der Waals surface area contributed by atoms with Crippen LogP contribution in [0.15, 0.2) is 101 Å². The second-order valence-electron chi connectivity index (χ2n) is 7.97. The minimum atomic E-state index is 0.290. The standard InChI is InChI=1S/C28H26N4O3S/c1-33-17-16-32-26(19-34-24-15-9-8-14-23(24)21-10-4-2-5-11-21)30-31-28(32)36-20-27-29-18-25(35-27)22-12-6-3-7-13-22/h2-15,18H,16-17,19-20H2,1H3. The Morgan fingerprint density at radius 1 is 0.861 bits per heavy atom. The molecule has 0 aliphatic carbocycles. The molecular formula is C28H26N4O3S. The smallest absolute Gasteiger partial charge is 0.205 e. The number of aromatic nitrogens is 4. The zero-order valence-corrected chi connectivity index (χ0v) is 20.7. The molecule has 3 aromatic carbocycles. The summed E-state index contributed by atoms with van der Waals surface area (Å²) in [4.78, 5) is 4.43. The van der Waals surface area contributed by atoms with Crippen molar-refractivity contribution in [2.45, 2.75) is 24.1 Å². The Hall–Kier alpha value is -3.88. The summed E-state index contributed by atoms with van der Waals surface area (Å²) in [6.45, 7) is 1.44. The van der Waals surface area contributed by atoms with Crippen LogP contribution in [0, 0.1) is 0 Å². The van der Waals surface area contributed by atoms with Gasteiger partial charge in [-0.15, -0.1) is 10.2 Å². The summed E-state index contributed by atoms with van der Waals surface area (Å²) in [5, 5.41) is 9.59. The van der Waals surface area contributed by atoms with Crippen LogP contribution in [0.4, 0.5) is 0 Å². The molecule has 0 atom stereocenters.